The van der Waals surface area contributed by atoms with Crippen molar-refractivity contribution in [2.75, 3.05) is 31.1 Å². The fraction of sp³-hybridized carbons (Fsp3) is 0.556. The van der Waals surface area contributed by atoms with Crippen LogP contribution in [-0.4, -0.2) is 37.0 Å². The minimum Gasteiger partial charge on any atom is -0.362 e. The Morgan fingerprint density at radius 2 is 2.27 bits per heavy atom. The molecule has 22 heavy (non-hydrogen) atoms. The number of rotatable bonds is 5. The van der Waals surface area contributed by atoms with E-state index in [2.05, 4.69) is 36.1 Å². The van der Waals surface area contributed by atoms with Gasteiger partial charge in [0.1, 0.15) is 0 Å². The lowest BCUT2D eigenvalue weighted by atomic mass is 9.99. The molecule has 0 spiro atoms. The fourth-order valence-corrected chi connectivity index (χ4v) is 3.01. The second-order valence-corrected chi connectivity index (χ2v) is 6.12. The van der Waals surface area contributed by atoms with E-state index in [0.29, 0.717) is 19.6 Å². The van der Waals surface area contributed by atoms with Gasteiger partial charge >= 0.3 is 0 Å². The van der Waals surface area contributed by atoms with E-state index >= 15 is 0 Å². The molecule has 0 N–H and O–H groups in total. The molecule has 2 rings (SSSR count). The van der Waals surface area contributed by atoms with E-state index in [9.17, 15) is 4.79 Å². The Balaban J connectivity index is 2.08. The summed E-state index contributed by atoms with van der Waals surface area (Å²) in [6.45, 7) is 8.42. The zero-order chi connectivity index (χ0) is 16.1. The lowest BCUT2D eigenvalue weighted by Crippen LogP contribution is -2.43. The van der Waals surface area contributed by atoms with Crippen molar-refractivity contribution in [3.05, 3.63) is 29.3 Å². The summed E-state index contributed by atoms with van der Waals surface area (Å²) in [6.07, 6.45) is 2.18. The molecule has 4 heteroatoms. The first-order valence-corrected chi connectivity index (χ1v) is 8.07. The van der Waals surface area contributed by atoms with Gasteiger partial charge in [-0.2, -0.15) is 5.26 Å². The Morgan fingerprint density at radius 1 is 1.50 bits per heavy atom. The highest BCUT2D eigenvalue weighted by Crippen LogP contribution is 2.27. The summed E-state index contributed by atoms with van der Waals surface area (Å²) >= 11 is 0. The molecule has 0 fully saturated rings. The number of carbonyl (C=O) groups excluding carboxylic acids is 1. The van der Waals surface area contributed by atoms with Crippen molar-refractivity contribution in [2.24, 2.45) is 5.92 Å². The number of anilines is 1. The minimum absolute atomic E-state index is 0.109. The van der Waals surface area contributed by atoms with Crippen LogP contribution in [-0.2, 0) is 11.2 Å². The molecule has 1 heterocycles. The molecule has 0 aliphatic carbocycles. The molecule has 1 aliphatic rings. The van der Waals surface area contributed by atoms with Gasteiger partial charge in [0, 0.05) is 25.3 Å². The maximum atomic E-state index is 12.5. The van der Waals surface area contributed by atoms with E-state index in [0.717, 1.165) is 19.4 Å². The normalized spacial score (nSPS) is 14.9. The molecular weight excluding hydrogens is 274 g/mol. The fourth-order valence-electron chi connectivity index (χ4n) is 3.01. The van der Waals surface area contributed by atoms with Crippen molar-refractivity contribution < 1.29 is 4.79 Å². The molecule has 118 valence electrons. The highest BCUT2D eigenvalue weighted by molar-refractivity contribution is 5.82. The molecule has 1 aromatic rings. The molecule has 0 saturated heterocycles. The van der Waals surface area contributed by atoms with Gasteiger partial charge in [-0.15, -0.1) is 0 Å². The van der Waals surface area contributed by atoms with Crippen molar-refractivity contribution in [3.63, 3.8) is 0 Å². The number of likely N-dealkylation sites (N-methyl/N-ethyl adjacent to an activating group) is 1. The highest BCUT2D eigenvalue weighted by atomic mass is 16.2. The molecule has 0 saturated carbocycles. The summed E-state index contributed by atoms with van der Waals surface area (Å²) in [6, 6.07) is 8.66. The summed E-state index contributed by atoms with van der Waals surface area (Å²) in [5.74, 6) is -0.0155. The predicted octanol–water partition coefficient (Wildman–Crippen LogP) is 2.76. The lowest BCUT2D eigenvalue weighted by Gasteiger charge is -2.33. The van der Waals surface area contributed by atoms with Crippen molar-refractivity contribution in [3.8, 4) is 6.07 Å². The molecule has 1 atom stereocenters. The first-order valence-electron chi connectivity index (χ1n) is 8.07. The molecule has 1 aliphatic heterocycles. The topological polar surface area (TPSA) is 47.3 Å². The second-order valence-electron chi connectivity index (χ2n) is 6.12. The van der Waals surface area contributed by atoms with Crippen LogP contribution in [0.15, 0.2) is 18.2 Å². The first kappa shape index (κ1) is 16.4. The summed E-state index contributed by atoms with van der Waals surface area (Å²) < 4.78 is 0. The van der Waals surface area contributed by atoms with Crippen LogP contribution in [0.3, 0.4) is 0 Å². The van der Waals surface area contributed by atoms with Gasteiger partial charge in [-0.25, -0.2) is 0 Å². The van der Waals surface area contributed by atoms with Crippen LogP contribution in [0.5, 0.6) is 0 Å². The van der Waals surface area contributed by atoms with Crippen LogP contribution >= 0.6 is 0 Å². The summed E-state index contributed by atoms with van der Waals surface area (Å²) in [7, 11) is 0. The average molecular weight is 299 g/mol. The van der Waals surface area contributed by atoms with Crippen molar-refractivity contribution in [1.82, 2.24) is 4.90 Å². The SMILES string of the molecule is CCN(CC(C)C#N)C(=O)CN1CCCc2cc(C)ccc21. The molecule has 1 unspecified atom stereocenters. The van der Waals surface area contributed by atoms with Crippen LogP contribution in [0.1, 0.15) is 31.4 Å². The number of hydrogen-bond acceptors (Lipinski definition) is 3. The van der Waals surface area contributed by atoms with Gasteiger partial charge in [-0.1, -0.05) is 17.7 Å². The van der Waals surface area contributed by atoms with Gasteiger partial charge in [-0.3, -0.25) is 4.79 Å². The first-order chi connectivity index (χ1) is 10.5. The lowest BCUT2D eigenvalue weighted by molar-refractivity contribution is -0.129. The van der Waals surface area contributed by atoms with E-state index in [1.807, 2.05) is 13.8 Å². The van der Waals surface area contributed by atoms with Crippen LogP contribution < -0.4 is 4.90 Å². The van der Waals surface area contributed by atoms with Gasteiger partial charge < -0.3 is 9.80 Å². The van der Waals surface area contributed by atoms with Gasteiger partial charge in [0.25, 0.3) is 0 Å². The Labute approximate surface area is 133 Å². The zero-order valence-corrected chi connectivity index (χ0v) is 13.8. The number of benzene rings is 1. The van der Waals surface area contributed by atoms with Gasteiger partial charge in [-0.05, 0) is 45.2 Å². The number of hydrogen-bond donors (Lipinski definition) is 0. The van der Waals surface area contributed by atoms with E-state index < -0.39 is 0 Å². The van der Waals surface area contributed by atoms with Crippen LogP contribution in [0.2, 0.25) is 0 Å². The highest BCUT2D eigenvalue weighted by Gasteiger charge is 2.22. The van der Waals surface area contributed by atoms with Crippen LogP contribution in [0.25, 0.3) is 0 Å². The van der Waals surface area contributed by atoms with Crippen molar-refractivity contribution in [1.29, 1.82) is 5.26 Å². The molecule has 0 bridgehead atoms. The van der Waals surface area contributed by atoms with E-state index in [1.54, 1.807) is 4.90 Å². The summed E-state index contributed by atoms with van der Waals surface area (Å²) in [5, 5.41) is 8.94. The molecule has 0 aromatic heterocycles. The standard InChI is InChI=1S/C18H25N3O/c1-4-20(12-15(3)11-19)18(22)13-21-9-5-6-16-10-14(2)7-8-17(16)21/h7-8,10,15H,4-6,9,12-13H2,1-3H3. The number of fused-ring (bicyclic) bond motifs is 1. The molecule has 1 aromatic carbocycles. The Kier molecular flexibility index (Phi) is 5.43. The maximum absolute atomic E-state index is 12.5. The average Bonchev–Trinajstić information content (AvgIpc) is 2.52. The largest absolute Gasteiger partial charge is 0.362 e. The van der Waals surface area contributed by atoms with E-state index in [1.165, 1.54) is 16.8 Å². The molecule has 0 radical (unpaired) electrons. The number of nitriles is 1. The van der Waals surface area contributed by atoms with Crippen LogP contribution in [0, 0.1) is 24.2 Å². The predicted molar refractivity (Wildman–Crippen MR) is 88.7 cm³/mol. The number of nitrogens with zero attached hydrogens (tertiary/aromatic N) is 3. The van der Waals surface area contributed by atoms with E-state index in [-0.39, 0.29) is 11.8 Å². The van der Waals surface area contributed by atoms with Crippen molar-refractivity contribution >= 4 is 11.6 Å². The smallest absolute Gasteiger partial charge is 0.242 e. The van der Waals surface area contributed by atoms with E-state index in [4.69, 9.17) is 5.26 Å². The minimum atomic E-state index is -0.125. The van der Waals surface area contributed by atoms with Gasteiger partial charge in [0.15, 0.2) is 0 Å². The molecular formula is C18H25N3O. The quantitative estimate of drug-likeness (QED) is 0.840. The summed E-state index contributed by atoms with van der Waals surface area (Å²) in [5.41, 5.74) is 3.80. The number of amides is 1. The van der Waals surface area contributed by atoms with Gasteiger partial charge in [0.2, 0.25) is 5.91 Å². The third-order valence-corrected chi connectivity index (χ3v) is 4.23. The van der Waals surface area contributed by atoms with Gasteiger partial charge in [0.05, 0.1) is 18.5 Å². The Hall–Kier alpha value is -2.02. The van der Waals surface area contributed by atoms with Crippen molar-refractivity contribution in [2.45, 2.75) is 33.6 Å². The third-order valence-electron chi connectivity index (χ3n) is 4.23. The van der Waals surface area contributed by atoms with Crippen LogP contribution in [0.4, 0.5) is 5.69 Å². The monoisotopic (exact) mass is 299 g/mol. The Bertz CT molecular complexity index is 576. The summed E-state index contributed by atoms with van der Waals surface area (Å²) in [4.78, 5) is 16.5. The Morgan fingerprint density at radius 3 is 2.95 bits per heavy atom. The zero-order valence-electron chi connectivity index (χ0n) is 13.8. The molecule has 4 nitrogen and oxygen atoms in total. The number of aryl methyl sites for hydroxylation is 2. The number of carbonyl (C=O) groups is 1. The third kappa shape index (κ3) is 3.79. The molecule has 1 amide bonds. The second kappa shape index (κ2) is 7.31. The maximum Gasteiger partial charge on any atom is 0.242 e.